The number of carboxylic acid groups (broad SMARTS) is 1. The van der Waals surface area contributed by atoms with Crippen LogP contribution in [0.1, 0.15) is 87.7 Å². The molecule has 4 rings (SSSR count). The Morgan fingerprint density at radius 2 is 1.80 bits per heavy atom. The summed E-state index contributed by atoms with van der Waals surface area (Å²) in [4.78, 5) is 16.7. The molecule has 2 heterocycles. The van der Waals surface area contributed by atoms with Gasteiger partial charge in [-0.25, -0.2) is 4.39 Å². The molecule has 0 bridgehead atoms. The zero-order valence-corrected chi connectivity index (χ0v) is 27.8. The molecule has 1 aromatic heterocycles. The lowest BCUT2D eigenvalue weighted by Crippen LogP contribution is -2.47. The van der Waals surface area contributed by atoms with Crippen LogP contribution in [0.4, 0.5) is 4.39 Å². The molecule has 1 saturated heterocycles. The molecule has 1 N–H and O–H groups in total. The van der Waals surface area contributed by atoms with Gasteiger partial charge in [0.25, 0.3) is 0 Å². The van der Waals surface area contributed by atoms with Crippen molar-refractivity contribution in [2.45, 2.75) is 97.2 Å². The van der Waals surface area contributed by atoms with Gasteiger partial charge in [0, 0.05) is 30.7 Å². The molecule has 234 valence electrons. The largest absolute Gasteiger partial charge is 0.480 e. The van der Waals surface area contributed by atoms with E-state index in [2.05, 4.69) is 35.3 Å². The Morgan fingerprint density at radius 3 is 2.34 bits per heavy atom. The number of aliphatic carboxylic acids is 1. The molecule has 1 aliphatic carbocycles. The number of carbonyl (C=O) groups is 1. The Balaban J connectivity index is 0.00000280. The quantitative estimate of drug-likeness (QED) is 0.306. The smallest absolute Gasteiger partial charge is 0.321 e. The summed E-state index contributed by atoms with van der Waals surface area (Å²) in [6.07, 6.45) is 5.04. The molecule has 2 aliphatic rings. The van der Waals surface area contributed by atoms with E-state index in [9.17, 15) is 14.3 Å². The highest BCUT2D eigenvalue weighted by Crippen LogP contribution is 2.44. The number of halogens is 4. The Hall–Kier alpha value is -1.38. The number of nitrogens with zero attached hydrogens (tertiary/aromatic N) is 4. The van der Waals surface area contributed by atoms with Crippen molar-refractivity contribution < 1.29 is 14.3 Å². The van der Waals surface area contributed by atoms with Gasteiger partial charge in [0.1, 0.15) is 11.9 Å². The predicted molar refractivity (Wildman–Crippen MR) is 172 cm³/mol. The van der Waals surface area contributed by atoms with E-state index >= 15 is 0 Å². The highest BCUT2D eigenvalue weighted by molar-refractivity contribution is 5.86. The third-order valence-electron chi connectivity index (χ3n) is 9.28. The van der Waals surface area contributed by atoms with E-state index in [0.717, 1.165) is 63.8 Å². The molecule has 2 aromatic rings. The fourth-order valence-electron chi connectivity index (χ4n) is 7.36. The SMILES string of the molecule is CCc1nn(CC)c(C2CCN(CC3CC(N(C)[C@@H](C(=O)O)C(C)C)CC3c3cccc(F)c3)CC2)c1C.Cl.Cl.Cl. The second-order valence-electron chi connectivity index (χ2n) is 11.9. The monoisotopic (exact) mass is 634 g/mol. The fourth-order valence-corrected chi connectivity index (χ4v) is 7.36. The molecule has 41 heavy (non-hydrogen) atoms. The van der Waals surface area contributed by atoms with Crippen LogP contribution in [0.2, 0.25) is 0 Å². The van der Waals surface area contributed by atoms with Crippen molar-refractivity contribution in [3.8, 4) is 0 Å². The van der Waals surface area contributed by atoms with Gasteiger partial charge in [-0.15, -0.1) is 37.2 Å². The number of aromatic nitrogens is 2. The van der Waals surface area contributed by atoms with E-state index in [-0.39, 0.29) is 60.9 Å². The van der Waals surface area contributed by atoms with Crippen LogP contribution in [0, 0.1) is 24.6 Å². The molecule has 2 fully saturated rings. The summed E-state index contributed by atoms with van der Waals surface area (Å²) >= 11 is 0. The average Bonchev–Trinajstić information content (AvgIpc) is 3.44. The maximum absolute atomic E-state index is 14.2. The van der Waals surface area contributed by atoms with Gasteiger partial charge in [0.15, 0.2) is 0 Å². The second-order valence-corrected chi connectivity index (χ2v) is 11.9. The first-order chi connectivity index (χ1) is 18.1. The van der Waals surface area contributed by atoms with E-state index in [0.29, 0.717) is 11.8 Å². The number of benzene rings is 1. The number of rotatable bonds is 10. The zero-order chi connectivity index (χ0) is 27.6. The maximum Gasteiger partial charge on any atom is 0.321 e. The van der Waals surface area contributed by atoms with Crippen molar-refractivity contribution in [2.75, 3.05) is 26.7 Å². The molecule has 0 radical (unpaired) electrons. The van der Waals surface area contributed by atoms with Gasteiger partial charge in [-0.1, -0.05) is 32.9 Å². The number of likely N-dealkylation sites (N-methyl/N-ethyl adjacent to an activating group) is 1. The number of likely N-dealkylation sites (tertiary alicyclic amines) is 1. The summed E-state index contributed by atoms with van der Waals surface area (Å²) in [5.74, 6) is 0.214. The van der Waals surface area contributed by atoms with Crippen LogP contribution in [0.5, 0.6) is 0 Å². The minimum atomic E-state index is -0.761. The van der Waals surface area contributed by atoms with Crippen molar-refractivity contribution in [3.63, 3.8) is 0 Å². The number of hydrogen-bond donors (Lipinski definition) is 1. The second kappa shape index (κ2) is 16.5. The van der Waals surface area contributed by atoms with E-state index in [4.69, 9.17) is 5.10 Å². The van der Waals surface area contributed by atoms with E-state index < -0.39 is 12.0 Å². The molecule has 10 heteroatoms. The van der Waals surface area contributed by atoms with Crippen LogP contribution >= 0.6 is 37.2 Å². The number of hydrogen-bond acceptors (Lipinski definition) is 4. The van der Waals surface area contributed by atoms with Crippen LogP contribution in [-0.2, 0) is 17.8 Å². The lowest BCUT2D eigenvalue weighted by Gasteiger charge is -2.35. The van der Waals surface area contributed by atoms with Gasteiger partial charge < -0.3 is 10.0 Å². The lowest BCUT2D eigenvalue weighted by atomic mass is 9.86. The molecule has 1 aromatic carbocycles. The molecular weight excluding hydrogens is 586 g/mol. The average molecular weight is 636 g/mol. The minimum absolute atomic E-state index is 0. The maximum atomic E-state index is 14.2. The van der Waals surface area contributed by atoms with Gasteiger partial charge in [-0.3, -0.25) is 14.4 Å². The summed E-state index contributed by atoms with van der Waals surface area (Å²) in [6, 6.07) is 6.71. The number of piperidine rings is 1. The molecule has 1 saturated carbocycles. The molecule has 6 nitrogen and oxygen atoms in total. The number of carboxylic acids is 1. The van der Waals surface area contributed by atoms with Crippen LogP contribution in [0.15, 0.2) is 24.3 Å². The number of aryl methyl sites for hydroxylation is 2. The predicted octanol–water partition coefficient (Wildman–Crippen LogP) is 6.96. The summed E-state index contributed by atoms with van der Waals surface area (Å²) in [5, 5.41) is 14.8. The van der Waals surface area contributed by atoms with E-state index in [1.54, 1.807) is 6.07 Å². The Morgan fingerprint density at radius 1 is 1.15 bits per heavy atom. The lowest BCUT2D eigenvalue weighted by molar-refractivity contribution is -0.145. The summed E-state index contributed by atoms with van der Waals surface area (Å²) in [7, 11) is 1.96. The first-order valence-corrected chi connectivity index (χ1v) is 14.6. The van der Waals surface area contributed by atoms with Crippen LogP contribution < -0.4 is 0 Å². The summed E-state index contributed by atoms with van der Waals surface area (Å²) in [6.45, 7) is 14.5. The van der Waals surface area contributed by atoms with Gasteiger partial charge in [0.05, 0.1) is 5.69 Å². The van der Waals surface area contributed by atoms with Crippen molar-refractivity contribution in [1.29, 1.82) is 0 Å². The van der Waals surface area contributed by atoms with Gasteiger partial charge in [-0.05, 0) is 107 Å². The Bertz CT molecular complexity index is 1110. The standard InChI is InChI=1S/C31H47FN4O2.3ClH/c1-7-28-21(5)30(36(8-2)33-28)22-12-14-35(15-13-22)19-24-17-26(34(6)29(20(3)4)31(37)38)18-27(24)23-10-9-11-25(32)16-23;;;/h9-11,16,20,22,24,26-27,29H,7-8,12-15,17-19H2,1-6H3,(H,37,38);3*1H/t24?,26?,27?,29-;;;/m1.../s1. The van der Waals surface area contributed by atoms with Crippen molar-refractivity contribution in [3.05, 3.63) is 52.6 Å². The van der Waals surface area contributed by atoms with Crippen molar-refractivity contribution in [1.82, 2.24) is 19.6 Å². The third kappa shape index (κ3) is 8.38. The van der Waals surface area contributed by atoms with Gasteiger partial charge in [-0.2, -0.15) is 5.10 Å². The highest BCUT2D eigenvalue weighted by atomic mass is 35.5. The fraction of sp³-hybridized carbons (Fsp3) is 0.677. The normalized spacial score (nSPS) is 22.2. The Labute approximate surface area is 264 Å². The first-order valence-electron chi connectivity index (χ1n) is 14.6. The van der Waals surface area contributed by atoms with Gasteiger partial charge in [0.2, 0.25) is 0 Å². The molecule has 0 amide bonds. The van der Waals surface area contributed by atoms with Gasteiger partial charge >= 0.3 is 5.97 Å². The first kappa shape index (κ1) is 37.6. The van der Waals surface area contributed by atoms with E-state index in [1.165, 1.54) is 23.0 Å². The third-order valence-corrected chi connectivity index (χ3v) is 9.28. The summed E-state index contributed by atoms with van der Waals surface area (Å²) < 4.78 is 16.4. The Kier molecular flexibility index (Phi) is 15.1. The summed E-state index contributed by atoms with van der Waals surface area (Å²) in [5.41, 5.74) is 5.08. The minimum Gasteiger partial charge on any atom is -0.480 e. The van der Waals surface area contributed by atoms with E-state index in [1.807, 2.05) is 33.0 Å². The zero-order valence-electron chi connectivity index (χ0n) is 25.4. The molecular formula is C31H50Cl3FN4O2. The van der Waals surface area contributed by atoms with Crippen LogP contribution in [0.3, 0.4) is 0 Å². The molecule has 4 atom stereocenters. The van der Waals surface area contributed by atoms with Crippen molar-refractivity contribution in [2.24, 2.45) is 11.8 Å². The van der Waals surface area contributed by atoms with Crippen LogP contribution in [-0.4, -0.2) is 69.4 Å². The van der Waals surface area contributed by atoms with Crippen molar-refractivity contribution >= 4 is 43.2 Å². The highest BCUT2D eigenvalue weighted by Gasteiger charge is 2.42. The van der Waals surface area contributed by atoms with Crippen LogP contribution in [0.25, 0.3) is 0 Å². The molecule has 0 spiro atoms. The molecule has 1 aliphatic heterocycles. The topological polar surface area (TPSA) is 61.6 Å². The molecule has 3 unspecified atom stereocenters.